The average Bonchev–Trinajstić information content (AvgIpc) is 2.78. The average molecular weight is 392 g/mol. The van der Waals surface area contributed by atoms with Crippen LogP contribution < -0.4 is 15.9 Å². The van der Waals surface area contributed by atoms with E-state index in [-0.39, 0.29) is 5.97 Å². The molecule has 4 rings (SSSR count). The fourth-order valence-electron chi connectivity index (χ4n) is 4.54. The second-order valence-electron chi connectivity index (χ2n) is 7.12. The normalized spacial score (nSPS) is 18.7. The van der Waals surface area contributed by atoms with E-state index in [0.29, 0.717) is 13.0 Å². The van der Waals surface area contributed by atoms with Crippen molar-refractivity contribution >= 4 is 28.5 Å². The Labute approximate surface area is 166 Å². The standard InChI is InChI=1S/C24H25O3P/c1-2-28(20-12-6-3-7-13-20,21-14-8-4-9-15-21,22-16-10-5-11-17-22)24-26-19-18-23(25)27-24/h3-17,24H,2,18-19H2,1H3. The molecule has 1 fully saturated rings. The van der Waals surface area contributed by atoms with E-state index in [9.17, 15) is 4.79 Å². The molecule has 1 saturated heterocycles. The number of esters is 1. The first-order chi connectivity index (χ1) is 13.7. The number of cyclic esters (lactones) is 1. The quantitative estimate of drug-likeness (QED) is 0.490. The molecule has 3 nitrogen and oxygen atoms in total. The third-order valence-corrected chi connectivity index (χ3v) is 12.9. The molecule has 4 heteroatoms. The number of benzene rings is 3. The molecule has 144 valence electrons. The number of carbonyl (C=O) groups is 1. The van der Waals surface area contributed by atoms with Crippen LogP contribution in [0.2, 0.25) is 0 Å². The van der Waals surface area contributed by atoms with Crippen molar-refractivity contribution in [2.45, 2.75) is 19.4 Å². The van der Waals surface area contributed by atoms with Gasteiger partial charge in [-0.15, -0.1) is 0 Å². The Balaban J connectivity index is 2.16. The molecule has 1 atom stereocenters. The monoisotopic (exact) mass is 392 g/mol. The van der Waals surface area contributed by atoms with E-state index in [1.807, 2.05) is 18.2 Å². The van der Waals surface area contributed by atoms with Gasteiger partial charge in [-0.3, -0.25) is 0 Å². The molecule has 1 unspecified atom stereocenters. The molecule has 0 bridgehead atoms. The number of rotatable bonds is 5. The summed E-state index contributed by atoms with van der Waals surface area (Å²) in [6, 6.07) is 30.7. The maximum absolute atomic E-state index is 12.4. The molecular formula is C24H25O3P. The van der Waals surface area contributed by atoms with Crippen LogP contribution in [0.15, 0.2) is 91.0 Å². The Morgan fingerprint density at radius 3 is 1.57 bits per heavy atom. The topological polar surface area (TPSA) is 35.5 Å². The van der Waals surface area contributed by atoms with Crippen molar-refractivity contribution in [1.29, 1.82) is 0 Å². The van der Waals surface area contributed by atoms with Crippen LogP contribution in [0, 0.1) is 0 Å². The van der Waals surface area contributed by atoms with Crippen molar-refractivity contribution in [1.82, 2.24) is 0 Å². The minimum absolute atomic E-state index is 0.193. The summed E-state index contributed by atoms with van der Waals surface area (Å²) in [4.78, 5) is 12.4. The van der Waals surface area contributed by atoms with Crippen LogP contribution in [0.4, 0.5) is 0 Å². The Morgan fingerprint density at radius 2 is 1.21 bits per heavy atom. The second kappa shape index (κ2) is 7.50. The summed E-state index contributed by atoms with van der Waals surface area (Å²) in [6.45, 7) is -0.700. The molecule has 3 aromatic rings. The van der Waals surface area contributed by atoms with Crippen LogP contribution in [-0.4, -0.2) is 24.8 Å². The third kappa shape index (κ3) is 2.62. The predicted octanol–water partition coefficient (Wildman–Crippen LogP) is 3.78. The molecule has 0 radical (unpaired) electrons. The van der Waals surface area contributed by atoms with E-state index in [1.54, 1.807) is 0 Å². The van der Waals surface area contributed by atoms with Crippen LogP contribution >= 0.6 is 6.60 Å². The Morgan fingerprint density at radius 1 is 0.786 bits per heavy atom. The molecule has 3 aromatic carbocycles. The summed E-state index contributed by atoms with van der Waals surface area (Å²) in [5.41, 5.74) is 0. The molecule has 0 aliphatic carbocycles. The van der Waals surface area contributed by atoms with Gasteiger partial charge < -0.3 is 0 Å². The zero-order valence-corrected chi connectivity index (χ0v) is 16.9. The van der Waals surface area contributed by atoms with Crippen LogP contribution in [0.1, 0.15) is 13.3 Å². The third-order valence-electron chi connectivity index (χ3n) is 5.96. The van der Waals surface area contributed by atoms with E-state index < -0.39 is 12.6 Å². The second-order valence-corrected chi connectivity index (χ2v) is 12.5. The Hall–Kier alpha value is -2.48. The van der Waals surface area contributed by atoms with Gasteiger partial charge in [0.1, 0.15) is 0 Å². The van der Waals surface area contributed by atoms with Crippen LogP contribution in [0.25, 0.3) is 0 Å². The SMILES string of the molecule is CCP(c1ccccc1)(c1ccccc1)(c1ccccc1)C1OCCC(=O)O1. The predicted molar refractivity (Wildman–Crippen MR) is 116 cm³/mol. The van der Waals surface area contributed by atoms with Gasteiger partial charge in [0.2, 0.25) is 0 Å². The van der Waals surface area contributed by atoms with Crippen molar-refractivity contribution in [3.05, 3.63) is 91.0 Å². The molecule has 0 aromatic heterocycles. The molecule has 1 aliphatic rings. The van der Waals surface area contributed by atoms with E-state index in [2.05, 4.69) is 79.7 Å². The summed E-state index contributed by atoms with van der Waals surface area (Å²) >= 11 is 0. The first-order valence-corrected chi connectivity index (χ1v) is 12.2. The molecule has 0 saturated carbocycles. The van der Waals surface area contributed by atoms with Gasteiger partial charge in [0.25, 0.3) is 0 Å². The summed E-state index contributed by atoms with van der Waals surface area (Å²) in [5.74, 6) is -0.193. The van der Waals surface area contributed by atoms with E-state index in [1.165, 1.54) is 15.9 Å². The van der Waals surface area contributed by atoms with E-state index in [4.69, 9.17) is 9.47 Å². The number of carbonyl (C=O) groups excluding carboxylic acids is 1. The molecule has 0 N–H and O–H groups in total. The summed E-state index contributed by atoms with van der Waals surface area (Å²) < 4.78 is 12.3. The molecule has 1 aliphatic heterocycles. The molecule has 1 heterocycles. The minimum atomic E-state index is -3.27. The Bertz CT molecular complexity index is 842. The zero-order chi connectivity index (χ0) is 19.5. The Kier molecular flexibility index (Phi) is 5.05. The van der Waals surface area contributed by atoms with Gasteiger partial charge in [-0.25, -0.2) is 0 Å². The van der Waals surface area contributed by atoms with Crippen LogP contribution in [0.5, 0.6) is 0 Å². The molecule has 0 amide bonds. The number of hydrogen-bond acceptors (Lipinski definition) is 3. The van der Waals surface area contributed by atoms with Gasteiger partial charge in [-0.05, 0) is 0 Å². The van der Waals surface area contributed by atoms with E-state index in [0.717, 1.165) is 6.16 Å². The van der Waals surface area contributed by atoms with Gasteiger partial charge in [0, 0.05) is 0 Å². The van der Waals surface area contributed by atoms with Crippen molar-refractivity contribution in [2.75, 3.05) is 12.8 Å². The fourth-order valence-corrected chi connectivity index (χ4v) is 10.9. The van der Waals surface area contributed by atoms with Crippen molar-refractivity contribution in [3.63, 3.8) is 0 Å². The maximum atomic E-state index is 12.4. The molecular weight excluding hydrogens is 367 g/mol. The molecule has 28 heavy (non-hydrogen) atoms. The number of ether oxygens (including phenoxy) is 2. The summed E-state index contributed by atoms with van der Waals surface area (Å²) in [6.07, 6.45) is 1.09. The van der Waals surface area contributed by atoms with E-state index >= 15 is 0 Å². The van der Waals surface area contributed by atoms with Crippen molar-refractivity contribution in [3.8, 4) is 0 Å². The van der Waals surface area contributed by atoms with Crippen molar-refractivity contribution < 1.29 is 14.3 Å². The van der Waals surface area contributed by atoms with Gasteiger partial charge in [0.15, 0.2) is 0 Å². The van der Waals surface area contributed by atoms with Gasteiger partial charge in [0.05, 0.1) is 0 Å². The molecule has 0 spiro atoms. The van der Waals surface area contributed by atoms with Crippen molar-refractivity contribution in [2.24, 2.45) is 0 Å². The zero-order valence-electron chi connectivity index (χ0n) is 16.0. The number of hydrogen-bond donors (Lipinski definition) is 0. The summed E-state index contributed by atoms with van der Waals surface area (Å²) in [5, 5.41) is 3.52. The first-order valence-electron chi connectivity index (χ1n) is 9.71. The summed E-state index contributed by atoms with van der Waals surface area (Å²) in [7, 11) is 0. The van der Waals surface area contributed by atoms with Crippen LogP contribution in [-0.2, 0) is 14.3 Å². The van der Waals surface area contributed by atoms with Gasteiger partial charge in [-0.1, -0.05) is 0 Å². The van der Waals surface area contributed by atoms with Crippen LogP contribution in [0.3, 0.4) is 0 Å². The van der Waals surface area contributed by atoms with Gasteiger partial charge >= 0.3 is 166 Å². The first kappa shape index (κ1) is 18.9. The van der Waals surface area contributed by atoms with Gasteiger partial charge in [-0.2, -0.15) is 0 Å². The fraction of sp³-hybridized carbons (Fsp3) is 0.208.